The number of para-hydroxylation sites is 1. The van der Waals surface area contributed by atoms with E-state index in [1.54, 1.807) is 19.2 Å². The van der Waals surface area contributed by atoms with E-state index >= 15 is 0 Å². The minimum Gasteiger partial charge on any atom is -0.507 e. The average Bonchev–Trinajstić information content (AvgIpc) is 3.16. The second-order valence-electron chi connectivity index (χ2n) is 7.95. The monoisotopic (exact) mass is 444 g/mol. The van der Waals surface area contributed by atoms with E-state index in [1.165, 1.54) is 15.5 Å². The summed E-state index contributed by atoms with van der Waals surface area (Å²) in [5.74, 6) is -0.975. The Morgan fingerprint density at radius 2 is 1.67 bits per heavy atom. The minimum atomic E-state index is -0.490. The van der Waals surface area contributed by atoms with Crippen LogP contribution in [0.5, 0.6) is 11.5 Å². The molecule has 0 saturated carbocycles. The molecule has 1 heterocycles. The smallest absolute Gasteiger partial charge is 0.348 e. The fraction of sp³-hybridized carbons (Fsp3) is 0.160. The maximum Gasteiger partial charge on any atom is 0.348 e. The van der Waals surface area contributed by atoms with E-state index in [1.807, 2.05) is 50.2 Å². The van der Waals surface area contributed by atoms with Crippen molar-refractivity contribution in [3.63, 3.8) is 0 Å². The Bertz CT molecular complexity index is 1400. The van der Waals surface area contributed by atoms with Gasteiger partial charge >= 0.3 is 5.69 Å². The van der Waals surface area contributed by atoms with E-state index in [2.05, 4.69) is 10.2 Å². The van der Waals surface area contributed by atoms with Crippen LogP contribution in [0.25, 0.3) is 17.1 Å². The SMILES string of the molecule is Cc1ccccc1CN(C)C(=O)c1cc(-c2n[nH]c(=O)n2-c2ccccc2C)c(O)cc1O. The van der Waals surface area contributed by atoms with E-state index < -0.39 is 11.6 Å². The van der Waals surface area contributed by atoms with Gasteiger partial charge in [0.25, 0.3) is 5.91 Å². The number of aromatic amines is 1. The number of aryl methyl sites for hydroxylation is 2. The van der Waals surface area contributed by atoms with E-state index in [4.69, 9.17) is 0 Å². The van der Waals surface area contributed by atoms with Gasteiger partial charge in [0.15, 0.2) is 5.82 Å². The zero-order valence-corrected chi connectivity index (χ0v) is 18.5. The van der Waals surface area contributed by atoms with Crippen molar-refractivity contribution in [3.05, 3.63) is 93.4 Å². The maximum absolute atomic E-state index is 13.2. The largest absolute Gasteiger partial charge is 0.507 e. The molecular formula is C25H24N4O4. The Morgan fingerprint density at radius 3 is 2.36 bits per heavy atom. The van der Waals surface area contributed by atoms with Crippen LogP contribution >= 0.6 is 0 Å². The number of rotatable bonds is 5. The average molecular weight is 444 g/mol. The highest BCUT2D eigenvalue weighted by Crippen LogP contribution is 2.35. The zero-order chi connectivity index (χ0) is 23.7. The molecule has 0 aliphatic carbocycles. The Morgan fingerprint density at radius 1 is 1.00 bits per heavy atom. The summed E-state index contributed by atoms with van der Waals surface area (Å²) in [5.41, 5.74) is 3.08. The van der Waals surface area contributed by atoms with Gasteiger partial charge in [0.05, 0.1) is 16.8 Å². The molecule has 8 heteroatoms. The number of carbonyl (C=O) groups is 1. The summed E-state index contributed by atoms with van der Waals surface area (Å²) in [7, 11) is 1.64. The number of carbonyl (C=O) groups excluding carboxylic acids is 1. The second-order valence-corrected chi connectivity index (χ2v) is 7.95. The lowest BCUT2D eigenvalue weighted by Gasteiger charge is -2.20. The van der Waals surface area contributed by atoms with Gasteiger partial charge in [0.1, 0.15) is 11.5 Å². The molecule has 0 unspecified atom stereocenters. The van der Waals surface area contributed by atoms with Crippen LogP contribution in [0.15, 0.2) is 65.5 Å². The number of amides is 1. The van der Waals surface area contributed by atoms with Gasteiger partial charge in [-0.05, 0) is 42.7 Å². The first-order valence-corrected chi connectivity index (χ1v) is 10.4. The Hall–Kier alpha value is -4.33. The fourth-order valence-electron chi connectivity index (χ4n) is 3.76. The first kappa shape index (κ1) is 21.9. The molecule has 168 valence electrons. The molecule has 0 spiro atoms. The number of aromatic nitrogens is 3. The summed E-state index contributed by atoms with van der Waals surface area (Å²) in [4.78, 5) is 27.2. The number of phenolic OH excluding ortho intramolecular Hbond substituents is 2. The lowest BCUT2D eigenvalue weighted by atomic mass is 10.0. The molecule has 0 bridgehead atoms. The van der Waals surface area contributed by atoms with Crippen LogP contribution in [0.3, 0.4) is 0 Å². The van der Waals surface area contributed by atoms with E-state index in [9.17, 15) is 19.8 Å². The molecule has 0 fully saturated rings. The van der Waals surface area contributed by atoms with Crippen LogP contribution < -0.4 is 5.69 Å². The Labute approximate surface area is 190 Å². The van der Waals surface area contributed by atoms with Crippen molar-refractivity contribution < 1.29 is 15.0 Å². The molecule has 0 radical (unpaired) electrons. The van der Waals surface area contributed by atoms with Crippen LogP contribution in [0.4, 0.5) is 0 Å². The lowest BCUT2D eigenvalue weighted by Crippen LogP contribution is -2.26. The summed E-state index contributed by atoms with van der Waals surface area (Å²) in [6.45, 7) is 4.16. The number of hydrogen-bond acceptors (Lipinski definition) is 5. The van der Waals surface area contributed by atoms with Gasteiger partial charge in [-0.25, -0.2) is 14.5 Å². The number of benzene rings is 3. The highest BCUT2D eigenvalue weighted by molar-refractivity contribution is 5.98. The maximum atomic E-state index is 13.2. The van der Waals surface area contributed by atoms with Gasteiger partial charge in [-0.3, -0.25) is 4.79 Å². The van der Waals surface area contributed by atoms with Crippen molar-refractivity contribution in [2.75, 3.05) is 7.05 Å². The van der Waals surface area contributed by atoms with Crippen molar-refractivity contribution in [1.82, 2.24) is 19.7 Å². The molecule has 33 heavy (non-hydrogen) atoms. The Balaban J connectivity index is 1.77. The highest BCUT2D eigenvalue weighted by Gasteiger charge is 2.23. The first-order chi connectivity index (χ1) is 15.8. The number of phenols is 2. The third-order valence-corrected chi connectivity index (χ3v) is 5.63. The predicted octanol–water partition coefficient (Wildman–Crippen LogP) is 3.53. The van der Waals surface area contributed by atoms with Crippen molar-refractivity contribution in [2.24, 2.45) is 0 Å². The highest BCUT2D eigenvalue weighted by atomic mass is 16.3. The number of H-pyrrole nitrogens is 1. The number of hydrogen-bond donors (Lipinski definition) is 3. The number of nitrogens with one attached hydrogen (secondary N) is 1. The molecule has 0 saturated heterocycles. The summed E-state index contributed by atoms with van der Waals surface area (Å²) in [5, 5.41) is 27.5. The Kier molecular flexibility index (Phi) is 5.74. The standard InChI is InChI=1S/C25H24N4O4/c1-15-8-4-6-10-17(15)14-28(3)24(32)19-12-18(21(30)13-22(19)31)23-26-27-25(33)29(23)20-11-7-5-9-16(20)2/h4-13,30-31H,14H2,1-3H3,(H,27,33). The van der Waals surface area contributed by atoms with Crippen molar-refractivity contribution in [3.8, 4) is 28.6 Å². The summed E-state index contributed by atoms with van der Waals surface area (Å²) in [6, 6.07) is 17.4. The molecule has 1 aromatic heterocycles. The van der Waals surface area contributed by atoms with Crippen molar-refractivity contribution >= 4 is 5.91 Å². The molecule has 4 rings (SSSR count). The molecule has 0 aliphatic heterocycles. The molecule has 8 nitrogen and oxygen atoms in total. The van der Waals surface area contributed by atoms with Crippen molar-refractivity contribution in [2.45, 2.75) is 20.4 Å². The number of nitrogens with zero attached hydrogens (tertiary/aromatic N) is 3. The second kappa shape index (κ2) is 8.66. The molecule has 0 atom stereocenters. The predicted molar refractivity (Wildman–Crippen MR) is 125 cm³/mol. The van der Waals surface area contributed by atoms with Crippen LogP contribution in [-0.2, 0) is 6.54 Å². The third-order valence-electron chi connectivity index (χ3n) is 5.63. The summed E-state index contributed by atoms with van der Waals surface area (Å²) in [6.07, 6.45) is 0. The van der Waals surface area contributed by atoms with Gasteiger partial charge in [0, 0.05) is 19.7 Å². The van der Waals surface area contributed by atoms with Gasteiger partial charge in [-0.1, -0.05) is 42.5 Å². The topological polar surface area (TPSA) is 111 Å². The normalized spacial score (nSPS) is 10.9. The molecular weight excluding hydrogens is 420 g/mol. The van der Waals surface area contributed by atoms with Crippen LogP contribution in [0, 0.1) is 13.8 Å². The molecule has 3 aromatic carbocycles. The molecule has 3 N–H and O–H groups in total. The van der Waals surface area contributed by atoms with Crippen LogP contribution in [0.2, 0.25) is 0 Å². The minimum absolute atomic E-state index is 0.00864. The van der Waals surface area contributed by atoms with E-state index in [-0.39, 0.29) is 28.5 Å². The molecule has 4 aromatic rings. The van der Waals surface area contributed by atoms with Crippen molar-refractivity contribution in [1.29, 1.82) is 0 Å². The van der Waals surface area contributed by atoms with Gasteiger partial charge in [-0.2, -0.15) is 5.10 Å². The molecule has 0 aliphatic rings. The summed E-state index contributed by atoms with van der Waals surface area (Å²) >= 11 is 0. The van der Waals surface area contributed by atoms with E-state index in [0.29, 0.717) is 12.2 Å². The van der Waals surface area contributed by atoms with E-state index in [0.717, 1.165) is 22.8 Å². The van der Waals surface area contributed by atoms with Gasteiger partial charge in [-0.15, -0.1) is 0 Å². The fourth-order valence-corrected chi connectivity index (χ4v) is 3.76. The van der Waals surface area contributed by atoms with Crippen LogP contribution in [-0.4, -0.2) is 42.8 Å². The van der Waals surface area contributed by atoms with Gasteiger partial charge < -0.3 is 15.1 Å². The first-order valence-electron chi connectivity index (χ1n) is 10.4. The van der Waals surface area contributed by atoms with Crippen LogP contribution in [0.1, 0.15) is 27.0 Å². The number of aromatic hydroxyl groups is 2. The third kappa shape index (κ3) is 4.10. The molecule has 1 amide bonds. The quantitative estimate of drug-likeness (QED) is 0.436. The van der Waals surface area contributed by atoms with Gasteiger partial charge in [0.2, 0.25) is 0 Å². The lowest BCUT2D eigenvalue weighted by molar-refractivity contribution is 0.0782. The summed E-state index contributed by atoms with van der Waals surface area (Å²) < 4.78 is 1.33. The zero-order valence-electron chi connectivity index (χ0n) is 18.5.